The van der Waals surface area contributed by atoms with Crippen LogP contribution in [0.5, 0.6) is 0 Å². The Hall–Kier alpha value is -2.56. The second-order valence-corrected chi connectivity index (χ2v) is 30.6. The summed E-state index contributed by atoms with van der Waals surface area (Å²) in [5.41, 5.74) is 0. The summed E-state index contributed by atoms with van der Waals surface area (Å²) in [6, 6.07) is -2.92. The van der Waals surface area contributed by atoms with E-state index in [2.05, 4.69) is 24.5 Å². The quantitative estimate of drug-likeness (QED) is 0.0236. The average molecular weight is 1610 g/mol. The van der Waals surface area contributed by atoms with Crippen LogP contribution in [0.2, 0.25) is 0 Å². The summed E-state index contributed by atoms with van der Waals surface area (Å²) in [4.78, 5) is 26.5. The number of carbonyl (C=O) groups excluding carboxylic acids is 2. The number of rotatable bonds is 53. The van der Waals surface area contributed by atoms with Crippen LogP contribution in [0.4, 0.5) is 0 Å². The zero-order valence-corrected chi connectivity index (χ0v) is 65.0. The Morgan fingerprint density at radius 3 is 1.06 bits per heavy atom. The van der Waals surface area contributed by atoms with E-state index in [1.165, 1.54) is 122 Å². The van der Waals surface area contributed by atoms with Crippen molar-refractivity contribution in [2.45, 2.75) is 410 Å². The second-order valence-electron chi connectivity index (χ2n) is 30.6. The molecule has 6 saturated heterocycles. The van der Waals surface area contributed by atoms with E-state index in [0.717, 1.165) is 58.3 Å². The van der Waals surface area contributed by atoms with Crippen molar-refractivity contribution in [1.82, 2.24) is 10.6 Å². The van der Waals surface area contributed by atoms with E-state index in [9.17, 15) is 107 Å². The number of nitrogens with one attached hydrogen (secondary N) is 2. The van der Waals surface area contributed by atoms with Gasteiger partial charge in [0.15, 0.2) is 37.7 Å². The summed E-state index contributed by atoms with van der Waals surface area (Å²) < 4.78 is 70.2. The van der Waals surface area contributed by atoms with Crippen LogP contribution >= 0.6 is 0 Å². The first-order valence-electron chi connectivity index (χ1n) is 41.0. The maximum Gasteiger partial charge on any atom is 0.220 e. The number of ether oxygens (including phenoxy) is 12. The normalized spacial score (nSPS) is 37.5. The van der Waals surface area contributed by atoms with Crippen LogP contribution in [-0.2, 0) is 66.4 Å². The standard InChI is InChI=1S/C76H138N2O33/c1-4-6-8-10-12-14-16-18-19-20-21-23-25-27-29-31-33-35-52(87)78-44(45(86)34-32-30-28-26-24-22-17-15-13-11-9-7-5-2)42-100-72-62(96)60(94)66(51(41-84)106-72)107-74-64(98)70(58(92)49(39-82)103-74)111-76-63(97)68(56(90)48(38-81)105-76)109-71-53(77-43(3)85)67(55(89)47(37-80)101-71)108-75-65(99)69(57(91)50(40-83)104-75)110-73-61(95)59(93)54(88)46(36-79)102-73/h32,34,44-51,53-76,79-84,86,88-99H,4-31,33,35-42H2,1-3H3,(H,77,85)(H,78,87)/b34-32+/t44-,45+,46?,47?,48?,49?,50?,51?,53?,54-,55-,56-,57-,58-,59-,60+,61?,62?,63?,64?,65?,66+,67+,68-,69-,70-,71-,72+,73+,74-,75-,76+/m0/s1. The Kier molecular flexibility index (Phi) is 45.9. The van der Waals surface area contributed by atoms with Gasteiger partial charge in [0, 0.05) is 13.3 Å². The minimum absolute atomic E-state index is 0.174. The van der Waals surface area contributed by atoms with E-state index in [1.54, 1.807) is 6.08 Å². The molecule has 6 fully saturated rings. The molecule has 12 unspecified atom stereocenters. The Labute approximate surface area is 651 Å². The van der Waals surface area contributed by atoms with Gasteiger partial charge in [0.25, 0.3) is 0 Å². The lowest BCUT2D eigenvalue weighted by molar-refractivity contribution is -0.392. The van der Waals surface area contributed by atoms with Crippen molar-refractivity contribution < 1.29 is 163 Å². The lowest BCUT2D eigenvalue weighted by Crippen LogP contribution is -2.70. The van der Waals surface area contributed by atoms with Gasteiger partial charge in [-0.1, -0.05) is 193 Å². The highest BCUT2D eigenvalue weighted by Crippen LogP contribution is 2.38. The van der Waals surface area contributed by atoms with Gasteiger partial charge in [0.1, 0.15) is 146 Å². The first-order chi connectivity index (χ1) is 53.4. The topological polar surface area (TPSA) is 553 Å². The molecular weight excluding hydrogens is 1470 g/mol. The lowest BCUT2D eigenvalue weighted by Gasteiger charge is -2.50. The monoisotopic (exact) mass is 1610 g/mol. The van der Waals surface area contributed by atoms with Gasteiger partial charge in [-0.3, -0.25) is 9.59 Å². The van der Waals surface area contributed by atoms with E-state index < -0.39 is 248 Å². The van der Waals surface area contributed by atoms with Gasteiger partial charge in [-0.05, 0) is 19.3 Å². The maximum atomic E-state index is 13.5. The summed E-state index contributed by atoms with van der Waals surface area (Å²) in [5.74, 6) is -1.23. The fraction of sp³-hybridized carbons (Fsp3) is 0.947. The van der Waals surface area contributed by atoms with Crippen molar-refractivity contribution in [3.63, 3.8) is 0 Å². The zero-order chi connectivity index (χ0) is 81.1. The summed E-state index contributed by atoms with van der Waals surface area (Å²) >= 11 is 0. The number of unbranched alkanes of at least 4 members (excludes halogenated alkanes) is 27. The van der Waals surface area contributed by atoms with E-state index in [1.807, 2.05) is 6.08 Å². The smallest absolute Gasteiger partial charge is 0.220 e. The summed E-state index contributed by atoms with van der Waals surface area (Å²) in [6.07, 6.45) is -20.9. The predicted molar refractivity (Wildman–Crippen MR) is 391 cm³/mol. The molecule has 0 aliphatic carbocycles. The van der Waals surface area contributed by atoms with Crippen LogP contribution in [0.3, 0.4) is 0 Å². The number of carbonyl (C=O) groups is 2. The Morgan fingerprint density at radius 1 is 0.351 bits per heavy atom. The molecule has 6 heterocycles. The maximum absolute atomic E-state index is 13.5. The third kappa shape index (κ3) is 29.7. The molecule has 0 aromatic heterocycles. The van der Waals surface area contributed by atoms with Gasteiger partial charge in [0.05, 0.1) is 58.4 Å². The fourth-order valence-corrected chi connectivity index (χ4v) is 15.0. The average Bonchev–Trinajstić information content (AvgIpc) is 0.769. The first-order valence-corrected chi connectivity index (χ1v) is 41.0. The molecule has 0 bridgehead atoms. The van der Waals surface area contributed by atoms with Gasteiger partial charge >= 0.3 is 0 Å². The van der Waals surface area contributed by atoms with Crippen LogP contribution in [0.1, 0.15) is 213 Å². The molecule has 2 amide bonds. The molecule has 111 heavy (non-hydrogen) atoms. The van der Waals surface area contributed by atoms with Crippen molar-refractivity contribution in [3.8, 4) is 0 Å². The third-order valence-electron chi connectivity index (χ3n) is 21.8. The Balaban J connectivity index is 1.09. The van der Waals surface area contributed by atoms with Crippen LogP contribution in [0.25, 0.3) is 0 Å². The predicted octanol–water partition coefficient (Wildman–Crippen LogP) is -1.79. The van der Waals surface area contributed by atoms with E-state index in [-0.39, 0.29) is 12.3 Å². The first kappa shape index (κ1) is 97.3. The molecule has 0 saturated carbocycles. The van der Waals surface area contributed by atoms with Crippen molar-refractivity contribution in [2.75, 3.05) is 46.2 Å². The van der Waals surface area contributed by atoms with Crippen LogP contribution in [0.15, 0.2) is 12.2 Å². The molecule has 6 rings (SSSR count). The molecule has 650 valence electrons. The molecule has 35 heteroatoms. The van der Waals surface area contributed by atoms with Gasteiger partial charge in [-0.2, -0.15) is 0 Å². The number of hydrogen-bond donors (Lipinski definition) is 21. The minimum Gasteiger partial charge on any atom is -0.394 e. The van der Waals surface area contributed by atoms with E-state index in [4.69, 9.17) is 56.8 Å². The van der Waals surface area contributed by atoms with E-state index >= 15 is 0 Å². The molecule has 6 aliphatic rings. The highest BCUT2D eigenvalue weighted by molar-refractivity contribution is 5.76. The summed E-state index contributed by atoms with van der Waals surface area (Å²) in [7, 11) is 0. The van der Waals surface area contributed by atoms with Gasteiger partial charge in [-0.25, -0.2) is 0 Å². The molecule has 32 atom stereocenters. The van der Waals surface area contributed by atoms with Crippen molar-refractivity contribution in [2.24, 2.45) is 0 Å². The summed E-state index contributed by atoms with van der Waals surface area (Å²) in [5, 5.41) is 216. The fourth-order valence-electron chi connectivity index (χ4n) is 15.0. The SMILES string of the molecule is CCCCCCCCCCCCC/C=C/[C@@H](O)[C@H](CO[C@@H]1OC(CO)[C@@H](O[C@@H]2OC(CO)[C@H](O)[C@H](O[C@H]3OC(CO)[C@H](O)[C@H](O[C@@H]4OC(CO)[C@H](O)[C@H](O[C@@H]5OC(CO)[C@H](O)[C@H](O[C@H]6OC(CO)[C@H](O)[C@H](O)C6O)C5O)C4NC(C)=O)C3O)C2O)[C@H](O)C1O)NC(=O)CCCCCCCCCCCCCCCCCCC. The second kappa shape index (κ2) is 52.4. The van der Waals surface area contributed by atoms with Crippen LogP contribution in [-0.4, -0.2) is 351 Å². The molecular formula is C76H138N2O33. The number of hydrogen-bond acceptors (Lipinski definition) is 33. The van der Waals surface area contributed by atoms with Crippen LogP contribution < -0.4 is 10.6 Å². The lowest BCUT2D eigenvalue weighted by atomic mass is 9.94. The number of aliphatic hydroxyl groups excluding tert-OH is 19. The van der Waals surface area contributed by atoms with E-state index in [0.29, 0.717) is 12.8 Å². The largest absolute Gasteiger partial charge is 0.394 e. The molecule has 35 nitrogen and oxygen atoms in total. The van der Waals surface area contributed by atoms with Crippen LogP contribution in [0, 0.1) is 0 Å². The van der Waals surface area contributed by atoms with Crippen molar-refractivity contribution in [3.05, 3.63) is 12.2 Å². The highest BCUT2D eigenvalue weighted by atomic mass is 16.8. The highest BCUT2D eigenvalue weighted by Gasteiger charge is 2.59. The molecule has 0 radical (unpaired) electrons. The zero-order valence-electron chi connectivity index (χ0n) is 65.0. The van der Waals surface area contributed by atoms with Crippen molar-refractivity contribution >= 4 is 11.8 Å². The number of allylic oxidation sites excluding steroid dienone is 1. The van der Waals surface area contributed by atoms with Gasteiger partial charge in [0.2, 0.25) is 11.8 Å². The molecule has 0 aromatic carbocycles. The molecule has 21 N–H and O–H groups in total. The van der Waals surface area contributed by atoms with Gasteiger partial charge in [-0.15, -0.1) is 0 Å². The Bertz CT molecular complexity index is 2510. The molecule has 0 spiro atoms. The Morgan fingerprint density at radius 2 is 0.667 bits per heavy atom. The number of aliphatic hydroxyl groups is 19. The molecule has 6 aliphatic heterocycles. The summed E-state index contributed by atoms with van der Waals surface area (Å²) in [6.45, 7) is -0.998. The number of amides is 2. The minimum atomic E-state index is -2.30. The third-order valence-corrected chi connectivity index (χ3v) is 21.8. The van der Waals surface area contributed by atoms with Gasteiger partial charge < -0.3 is 164 Å². The molecule has 0 aromatic rings. The van der Waals surface area contributed by atoms with Crippen molar-refractivity contribution in [1.29, 1.82) is 0 Å².